The minimum atomic E-state index is -0.477. The highest BCUT2D eigenvalue weighted by Gasteiger charge is 2.10. The summed E-state index contributed by atoms with van der Waals surface area (Å²) in [5.41, 5.74) is 15.3. The van der Waals surface area contributed by atoms with E-state index in [1.807, 2.05) is 12.1 Å². The average Bonchev–Trinajstić information content (AvgIpc) is 2.41. The Bertz CT molecular complexity index is 637. The van der Waals surface area contributed by atoms with Crippen LogP contribution in [-0.4, -0.2) is 5.91 Å². The second kappa shape index (κ2) is 5.65. The fraction of sp³-hybridized carbons (Fsp3) is 0.188. The van der Waals surface area contributed by atoms with Crippen LogP contribution in [0.2, 0.25) is 0 Å². The van der Waals surface area contributed by atoms with Crippen LogP contribution in [0, 0.1) is 6.92 Å². The Balaban J connectivity index is 2.22. The van der Waals surface area contributed by atoms with Gasteiger partial charge in [0.2, 0.25) is 5.91 Å². The highest BCUT2D eigenvalue weighted by molar-refractivity contribution is 5.94. The van der Waals surface area contributed by atoms with Crippen molar-refractivity contribution in [1.82, 2.24) is 0 Å². The van der Waals surface area contributed by atoms with E-state index in [0.29, 0.717) is 11.3 Å². The van der Waals surface area contributed by atoms with Crippen molar-refractivity contribution in [3.8, 4) is 0 Å². The van der Waals surface area contributed by atoms with Gasteiger partial charge in [-0.1, -0.05) is 24.3 Å². The van der Waals surface area contributed by atoms with E-state index >= 15 is 0 Å². The van der Waals surface area contributed by atoms with Crippen molar-refractivity contribution < 1.29 is 4.79 Å². The maximum absolute atomic E-state index is 11.1. The lowest BCUT2D eigenvalue weighted by Crippen LogP contribution is -2.13. The number of amides is 1. The Labute approximate surface area is 118 Å². The van der Waals surface area contributed by atoms with Gasteiger partial charge in [0, 0.05) is 11.6 Å². The molecule has 0 aromatic heterocycles. The predicted molar refractivity (Wildman–Crippen MR) is 82.6 cm³/mol. The lowest BCUT2D eigenvalue weighted by atomic mass is 10.0. The standard InChI is InChI=1S/C16H19N3O/c1-10-5-3-4-6-13(10)11(2)19-15-8-7-12(16(18)20)9-14(15)17/h3-9,11,19H,17H2,1-2H3,(H2,18,20). The highest BCUT2D eigenvalue weighted by atomic mass is 16.1. The summed E-state index contributed by atoms with van der Waals surface area (Å²) in [6.07, 6.45) is 0. The van der Waals surface area contributed by atoms with Crippen molar-refractivity contribution in [2.45, 2.75) is 19.9 Å². The van der Waals surface area contributed by atoms with Crippen LogP contribution in [0.15, 0.2) is 42.5 Å². The number of nitrogen functional groups attached to an aromatic ring is 1. The van der Waals surface area contributed by atoms with Crippen LogP contribution in [0.3, 0.4) is 0 Å². The Kier molecular flexibility index (Phi) is 3.94. The molecule has 1 unspecified atom stereocenters. The van der Waals surface area contributed by atoms with E-state index in [1.165, 1.54) is 11.1 Å². The first kappa shape index (κ1) is 13.9. The zero-order valence-electron chi connectivity index (χ0n) is 11.7. The molecule has 0 bridgehead atoms. The van der Waals surface area contributed by atoms with E-state index in [2.05, 4.69) is 31.3 Å². The summed E-state index contributed by atoms with van der Waals surface area (Å²) >= 11 is 0. The molecule has 1 amide bonds. The van der Waals surface area contributed by atoms with Crippen LogP contribution in [0.25, 0.3) is 0 Å². The van der Waals surface area contributed by atoms with Crippen molar-refractivity contribution in [3.63, 3.8) is 0 Å². The van der Waals surface area contributed by atoms with Gasteiger partial charge in [-0.2, -0.15) is 0 Å². The summed E-state index contributed by atoms with van der Waals surface area (Å²) in [5, 5.41) is 3.36. The summed E-state index contributed by atoms with van der Waals surface area (Å²) in [6.45, 7) is 4.15. The Morgan fingerprint density at radius 3 is 2.50 bits per heavy atom. The van der Waals surface area contributed by atoms with Crippen LogP contribution in [-0.2, 0) is 0 Å². The fourth-order valence-corrected chi connectivity index (χ4v) is 2.23. The average molecular weight is 269 g/mol. The molecule has 20 heavy (non-hydrogen) atoms. The summed E-state index contributed by atoms with van der Waals surface area (Å²) in [4.78, 5) is 11.1. The summed E-state index contributed by atoms with van der Waals surface area (Å²) in [5.74, 6) is -0.477. The third kappa shape index (κ3) is 2.91. The van der Waals surface area contributed by atoms with Crippen LogP contribution in [0.1, 0.15) is 34.5 Å². The van der Waals surface area contributed by atoms with E-state index in [0.717, 1.165) is 5.69 Å². The van der Waals surface area contributed by atoms with Gasteiger partial charge in [-0.3, -0.25) is 4.79 Å². The molecule has 5 N–H and O–H groups in total. The van der Waals surface area contributed by atoms with E-state index < -0.39 is 5.91 Å². The van der Waals surface area contributed by atoms with Crippen LogP contribution >= 0.6 is 0 Å². The minimum Gasteiger partial charge on any atom is -0.397 e. The molecule has 0 saturated carbocycles. The molecule has 0 fully saturated rings. The Morgan fingerprint density at radius 1 is 1.20 bits per heavy atom. The predicted octanol–water partition coefficient (Wildman–Crippen LogP) is 2.85. The van der Waals surface area contributed by atoms with Crippen molar-refractivity contribution in [1.29, 1.82) is 0 Å². The van der Waals surface area contributed by atoms with Gasteiger partial charge in [-0.25, -0.2) is 0 Å². The number of hydrogen-bond acceptors (Lipinski definition) is 3. The lowest BCUT2D eigenvalue weighted by Gasteiger charge is -2.19. The second-order valence-corrected chi connectivity index (χ2v) is 4.89. The monoisotopic (exact) mass is 269 g/mol. The first-order chi connectivity index (χ1) is 9.49. The van der Waals surface area contributed by atoms with Crippen LogP contribution in [0.5, 0.6) is 0 Å². The van der Waals surface area contributed by atoms with E-state index in [4.69, 9.17) is 11.5 Å². The maximum Gasteiger partial charge on any atom is 0.248 e. The molecular formula is C16H19N3O. The number of primary amides is 1. The number of anilines is 2. The second-order valence-electron chi connectivity index (χ2n) is 4.89. The third-order valence-corrected chi connectivity index (χ3v) is 3.36. The molecule has 4 nitrogen and oxygen atoms in total. The number of carbonyl (C=O) groups is 1. The van der Waals surface area contributed by atoms with Crippen LogP contribution < -0.4 is 16.8 Å². The quantitative estimate of drug-likeness (QED) is 0.746. The number of aryl methyl sites for hydroxylation is 1. The Morgan fingerprint density at radius 2 is 1.90 bits per heavy atom. The van der Waals surface area contributed by atoms with Crippen molar-refractivity contribution in [2.75, 3.05) is 11.1 Å². The van der Waals surface area contributed by atoms with Gasteiger partial charge >= 0.3 is 0 Å². The number of hydrogen-bond donors (Lipinski definition) is 3. The first-order valence-electron chi connectivity index (χ1n) is 6.50. The smallest absolute Gasteiger partial charge is 0.248 e. The SMILES string of the molecule is Cc1ccccc1C(C)Nc1ccc(C(N)=O)cc1N. The summed E-state index contributed by atoms with van der Waals surface area (Å²) in [7, 11) is 0. The molecule has 0 aliphatic carbocycles. The number of benzene rings is 2. The van der Waals surface area contributed by atoms with Crippen molar-refractivity contribution in [2.24, 2.45) is 5.73 Å². The summed E-state index contributed by atoms with van der Waals surface area (Å²) < 4.78 is 0. The van der Waals surface area contributed by atoms with Gasteiger partial charge in [0.25, 0.3) is 0 Å². The van der Waals surface area contributed by atoms with E-state index in [-0.39, 0.29) is 6.04 Å². The van der Waals surface area contributed by atoms with Crippen molar-refractivity contribution in [3.05, 3.63) is 59.2 Å². The minimum absolute atomic E-state index is 0.123. The van der Waals surface area contributed by atoms with Gasteiger partial charge < -0.3 is 16.8 Å². The van der Waals surface area contributed by atoms with Crippen molar-refractivity contribution >= 4 is 17.3 Å². The third-order valence-electron chi connectivity index (χ3n) is 3.36. The van der Waals surface area contributed by atoms with Gasteiger partial charge in [-0.15, -0.1) is 0 Å². The maximum atomic E-state index is 11.1. The number of rotatable bonds is 4. The van der Waals surface area contributed by atoms with Gasteiger partial charge in [0.1, 0.15) is 0 Å². The number of carbonyl (C=O) groups excluding carboxylic acids is 1. The molecule has 0 spiro atoms. The number of nitrogens with two attached hydrogens (primary N) is 2. The highest BCUT2D eigenvalue weighted by Crippen LogP contribution is 2.26. The molecule has 2 aromatic rings. The van der Waals surface area contributed by atoms with Gasteiger partial charge in [-0.05, 0) is 43.2 Å². The fourth-order valence-electron chi connectivity index (χ4n) is 2.23. The van der Waals surface area contributed by atoms with Crippen LogP contribution in [0.4, 0.5) is 11.4 Å². The zero-order valence-corrected chi connectivity index (χ0v) is 11.7. The molecule has 0 aliphatic rings. The van der Waals surface area contributed by atoms with Gasteiger partial charge in [0.15, 0.2) is 0 Å². The largest absolute Gasteiger partial charge is 0.397 e. The first-order valence-corrected chi connectivity index (χ1v) is 6.50. The normalized spacial score (nSPS) is 11.9. The molecule has 0 aliphatic heterocycles. The lowest BCUT2D eigenvalue weighted by molar-refractivity contribution is 0.100. The van der Waals surface area contributed by atoms with E-state index in [1.54, 1.807) is 18.2 Å². The molecule has 0 radical (unpaired) electrons. The molecule has 0 heterocycles. The molecule has 104 valence electrons. The molecular weight excluding hydrogens is 250 g/mol. The Hall–Kier alpha value is -2.49. The van der Waals surface area contributed by atoms with E-state index in [9.17, 15) is 4.79 Å². The summed E-state index contributed by atoms with van der Waals surface area (Å²) in [6, 6.07) is 13.4. The molecule has 2 rings (SSSR count). The number of nitrogens with one attached hydrogen (secondary N) is 1. The molecule has 2 aromatic carbocycles. The van der Waals surface area contributed by atoms with Gasteiger partial charge in [0.05, 0.1) is 11.4 Å². The topological polar surface area (TPSA) is 81.1 Å². The zero-order chi connectivity index (χ0) is 14.7. The molecule has 4 heteroatoms. The molecule has 0 saturated heterocycles. The molecule has 1 atom stereocenters.